The molecular weight excluding hydrogens is 152 g/mol. The van der Waals surface area contributed by atoms with Crippen LogP contribution < -0.4 is 5.32 Å². The van der Waals surface area contributed by atoms with E-state index < -0.39 is 0 Å². The molecule has 12 heavy (non-hydrogen) atoms. The highest BCUT2D eigenvalue weighted by atomic mass is 15.2. The van der Waals surface area contributed by atoms with Crippen LogP contribution in [0.2, 0.25) is 0 Å². The first-order chi connectivity index (χ1) is 5.71. The van der Waals surface area contributed by atoms with E-state index in [9.17, 15) is 0 Å². The van der Waals surface area contributed by atoms with Gasteiger partial charge in [-0.2, -0.15) is 5.10 Å². The third-order valence-corrected chi connectivity index (χ3v) is 2.51. The average Bonchev–Trinajstić information content (AvgIpc) is 2.59. The molecule has 2 rings (SSSR count). The summed E-state index contributed by atoms with van der Waals surface area (Å²) in [4.78, 5) is 4.36. The Labute approximate surface area is 71.8 Å². The van der Waals surface area contributed by atoms with Gasteiger partial charge in [0.2, 0.25) is 0 Å². The maximum Gasteiger partial charge on any atom is 0.157 e. The van der Waals surface area contributed by atoms with Crippen LogP contribution >= 0.6 is 0 Å². The van der Waals surface area contributed by atoms with Gasteiger partial charge in [-0.1, -0.05) is 6.92 Å². The van der Waals surface area contributed by atoms with Gasteiger partial charge in [0.05, 0.1) is 0 Å². The Morgan fingerprint density at radius 2 is 2.33 bits per heavy atom. The van der Waals surface area contributed by atoms with E-state index in [0.717, 1.165) is 31.2 Å². The highest BCUT2D eigenvalue weighted by molar-refractivity contribution is 5.09. The van der Waals surface area contributed by atoms with Crippen LogP contribution in [0, 0.1) is 6.92 Å². The van der Waals surface area contributed by atoms with Gasteiger partial charge in [-0.25, -0.2) is 4.98 Å². The van der Waals surface area contributed by atoms with Crippen molar-refractivity contribution in [3.05, 3.63) is 11.6 Å². The number of nitrogens with zero attached hydrogens (tertiary/aromatic N) is 2. The summed E-state index contributed by atoms with van der Waals surface area (Å²) in [5.41, 5.74) is 0.144. The van der Waals surface area contributed by atoms with E-state index in [4.69, 9.17) is 0 Å². The fourth-order valence-corrected chi connectivity index (χ4v) is 1.62. The molecule has 1 aromatic rings. The predicted molar refractivity (Wildman–Crippen MR) is 46.0 cm³/mol. The summed E-state index contributed by atoms with van der Waals surface area (Å²) in [5, 5.41) is 10.4. The maximum absolute atomic E-state index is 4.36. The van der Waals surface area contributed by atoms with Gasteiger partial charge in [-0.15, -0.1) is 0 Å². The molecule has 2 heterocycles. The average molecular weight is 166 g/mol. The molecule has 66 valence electrons. The summed E-state index contributed by atoms with van der Waals surface area (Å²) in [6.45, 7) is 6.20. The second-order valence-electron chi connectivity index (χ2n) is 3.73. The first kappa shape index (κ1) is 7.73. The molecule has 0 spiro atoms. The first-order valence-corrected chi connectivity index (χ1v) is 4.31. The van der Waals surface area contributed by atoms with Crippen molar-refractivity contribution in [2.45, 2.75) is 25.7 Å². The molecule has 0 saturated carbocycles. The molecule has 1 fully saturated rings. The Balaban J connectivity index is 2.28. The number of nitrogens with one attached hydrogen (secondary N) is 2. The fraction of sp³-hybridized carbons (Fsp3) is 0.750. The van der Waals surface area contributed by atoms with Crippen LogP contribution in [-0.2, 0) is 5.41 Å². The Kier molecular flexibility index (Phi) is 1.65. The minimum Gasteiger partial charge on any atom is -0.316 e. The molecule has 1 saturated heterocycles. The maximum atomic E-state index is 4.36. The van der Waals surface area contributed by atoms with Gasteiger partial charge in [0.15, 0.2) is 5.82 Å². The summed E-state index contributed by atoms with van der Waals surface area (Å²) in [5.74, 6) is 1.85. The van der Waals surface area contributed by atoms with Gasteiger partial charge in [-0.3, -0.25) is 5.10 Å². The van der Waals surface area contributed by atoms with Gasteiger partial charge in [0.1, 0.15) is 5.82 Å². The number of aryl methyl sites for hydroxylation is 1. The lowest BCUT2D eigenvalue weighted by Crippen LogP contribution is -2.26. The van der Waals surface area contributed by atoms with Crippen LogP contribution in [-0.4, -0.2) is 28.3 Å². The molecule has 0 aliphatic carbocycles. The van der Waals surface area contributed by atoms with Crippen molar-refractivity contribution in [2.75, 3.05) is 13.1 Å². The Bertz CT molecular complexity index is 272. The summed E-state index contributed by atoms with van der Waals surface area (Å²) in [7, 11) is 0. The Morgan fingerprint density at radius 1 is 1.50 bits per heavy atom. The number of aromatic nitrogens is 3. The van der Waals surface area contributed by atoms with Gasteiger partial charge in [0.25, 0.3) is 0 Å². The van der Waals surface area contributed by atoms with Crippen LogP contribution in [0.15, 0.2) is 0 Å². The van der Waals surface area contributed by atoms with Crippen molar-refractivity contribution in [2.24, 2.45) is 0 Å². The third kappa shape index (κ3) is 1.12. The van der Waals surface area contributed by atoms with Gasteiger partial charge in [-0.05, 0) is 19.9 Å². The molecule has 1 unspecified atom stereocenters. The zero-order valence-electron chi connectivity index (χ0n) is 7.52. The largest absolute Gasteiger partial charge is 0.316 e. The molecular formula is C8H14N4. The number of hydrogen-bond acceptors (Lipinski definition) is 3. The minimum atomic E-state index is 0.144. The molecule has 1 atom stereocenters. The van der Waals surface area contributed by atoms with E-state index in [0.29, 0.717) is 0 Å². The number of H-pyrrole nitrogens is 1. The third-order valence-electron chi connectivity index (χ3n) is 2.51. The quantitative estimate of drug-likeness (QED) is 0.633. The van der Waals surface area contributed by atoms with E-state index >= 15 is 0 Å². The van der Waals surface area contributed by atoms with Gasteiger partial charge >= 0.3 is 0 Å². The van der Waals surface area contributed by atoms with Gasteiger partial charge < -0.3 is 5.32 Å². The highest BCUT2D eigenvalue weighted by Gasteiger charge is 2.33. The van der Waals surface area contributed by atoms with E-state index in [1.165, 1.54) is 0 Å². The molecule has 2 N–H and O–H groups in total. The highest BCUT2D eigenvalue weighted by Crippen LogP contribution is 2.26. The molecule has 0 bridgehead atoms. The zero-order chi connectivity index (χ0) is 8.60. The monoisotopic (exact) mass is 166 g/mol. The number of hydrogen-bond donors (Lipinski definition) is 2. The summed E-state index contributed by atoms with van der Waals surface area (Å²) < 4.78 is 0. The van der Waals surface area contributed by atoms with Crippen molar-refractivity contribution in [1.82, 2.24) is 20.5 Å². The molecule has 1 aliphatic rings. The van der Waals surface area contributed by atoms with E-state index in [1.807, 2.05) is 6.92 Å². The molecule has 0 aromatic carbocycles. The number of aromatic amines is 1. The van der Waals surface area contributed by atoms with Crippen molar-refractivity contribution in [3.8, 4) is 0 Å². The van der Waals surface area contributed by atoms with Gasteiger partial charge in [0, 0.05) is 12.0 Å². The molecule has 1 aliphatic heterocycles. The topological polar surface area (TPSA) is 53.6 Å². The van der Waals surface area contributed by atoms with Crippen molar-refractivity contribution >= 4 is 0 Å². The predicted octanol–water partition coefficient (Wildman–Crippen LogP) is 0.364. The normalized spacial score (nSPS) is 29.5. The summed E-state index contributed by atoms with van der Waals surface area (Å²) >= 11 is 0. The van der Waals surface area contributed by atoms with E-state index in [-0.39, 0.29) is 5.41 Å². The minimum absolute atomic E-state index is 0.144. The van der Waals surface area contributed by atoms with Crippen molar-refractivity contribution in [1.29, 1.82) is 0 Å². The molecule has 4 heteroatoms. The van der Waals surface area contributed by atoms with Crippen LogP contribution in [0.25, 0.3) is 0 Å². The number of rotatable bonds is 1. The fourth-order valence-electron chi connectivity index (χ4n) is 1.62. The SMILES string of the molecule is Cc1nc(C2(C)CCNC2)n[nH]1. The second-order valence-corrected chi connectivity index (χ2v) is 3.73. The molecule has 0 amide bonds. The molecule has 4 nitrogen and oxygen atoms in total. The van der Waals surface area contributed by atoms with Crippen LogP contribution in [0.3, 0.4) is 0 Å². The second kappa shape index (κ2) is 2.55. The lowest BCUT2D eigenvalue weighted by molar-refractivity contribution is 0.491. The molecule has 1 aromatic heterocycles. The van der Waals surface area contributed by atoms with Crippen molar-refractivity contribution < 1.29 is 0 Å². The summed E-state index contributed by atoms with van der Waals surface area (Å²) in [6, 6.07) is 0. The van der Waals surface area contributed by atoms with E-state index in [1.54, 1.807) is 0 Å². The Hall–Kier alpha value is -0.900. The lowest BCUT2D eigenvalue weighted by Gasteiger charge is -2.17. The first-order valence-electron chi connectivity index (χ1n) is 4.31. The van der Waals surface area contributed by atoms with Crippen LogP contribution in [0.1, 0.15) is 25.0 Å². The standard InChI is InChI=1S/C8H14N4/c1-6-10-7(12-11-6)8(2)3-4-9-5-8/h9H,3-5H2,1-2H3,(H,10,11,12). The Morgan fingerprint density at radius 3 is 2.83 bits per heavy atom. The van der Waals surface area contributed by atoms with Crippen LogP contribution in [0.4, 0.5) is 0 Å². The van der Waals surface area contributed by atoms with Crippen molar-refractivity contribution in [3.63, 3.8) is 0 Å². The smallest absolute Gasteiger partial charge is 0.157 e. The molecule has 0 radical (unpaired) electrons. The lowest BCUT2D eigenvalue weighted by atomic mass is 9.89. The van der Waals surface area contributed by atoms with Crippen LogP contribution in [0.5, 0.6) is 0 Å². The summed E-state index contributed by atoms with van der Waals surface area (Å²) in [6.07, 6.45) is 1.13. The van der Waals surface area contributed by atoms with E-state index in [2.05, 4.69) is 27.4 Å². The zero-order valence-corrected chi connectivity index (χ0v) is 7.52.